The first-order valence-electron chi connectivity index (χ1n) is 5.38. The maximum absolute atomic E-state index is 10.6. The average molecular weight is 301 g/mol. The van der Waals surface area contributed by atoms with E-state index in [1.807, 2.05) is 0 Å². The van der Waals surface area contributed by atoms with E-state index in [9.17, 15) is 4.79 Å². The summed E-state index contributed by atoms with van der Waals surface area (Å²) in [5.41, 5.74) is 0.752. The van der Waals surface area contributed by atoms with E-state index in [-0.39, 0.29) is 5.69 Å². The van der Waals surface area contributed by atoms with Crippen LogP contribution in [0.15, 0.2) is 24.4 Å². The zero-order valence-corrected chi connectivity index (χ0v) is 11.2. The van der Waals surface area contributed by atoms with Crippen molar-refractivity contribution < 1.29 is 9.90 Å². The minimum absolute atomic E-state index is 0.0745. The third kappa shape index (κ3) is 3.59. The monoisotopic (exact) mass is 300 g/mol. The molecule has 2 N–H and O–H groups in total. The Hall–Kier alpha value is -1.79. The van der Waals surface area contributed by atoms with Gasteiger partial charge in [-0.3, -0.25) is 0 Å². The number of anilines is 1. The van der Waals surface area contributed by atoms with Crippen LogP contribution in [0, 0.1) is 0 Å². The van der Waals surface area contributed by atoms with Crippen molar-refractivity contribution in [2.24, 2.45) is 0 Å². The first-order valence-corrected chi connectivity index (χ1v) is 6.14. The highest BCUT2D eigenvalue weighted by atomic mass is 35.5. The molecule has 0 unspecified atom stereocenters. The van der Waals surface area contributed by atoms with Gasteiger partial charge in [-0.1, -0.05) is 28.4 Å². The van der Waals surface area contributed by atoms with Crippen LogP contribution in [0.1, 0.15) is 10.5 Å². The molecule has 6 nitrogen and oxygen atoms in total. The van der Waals surface area contributed by atoms with Gasteiger partial charge in [-0.25, -0.2) is 9.48 Å². The molecule has 1 heterocycles. The van der Waals surface area contributed by atoms with Gasteiger partial charge >= 0.3 is 5.97 Å². The van der Waals surface area contributed by atoms with Crippen LogP contribution in [-0.2, 0) is 6.54 Å². The molecule has 0 spiro atoms. The maximum Gasteiger partial charge on any atom is 0.358 e. The molecule has 19 heavy (non-hydrogen) atoms. The fourth-order valence-electron chi connectivity index (χ4n) is 1.43. The quantitative estimate of drug-likeness (QED) is 0.886. The molecule has 0 fully saturated rings. The Morgan fingerprint density at radius 1 is 1.37 bits per heavy atom. The van der Waals surface area contributed by atoms with Crippen molar-refractivity contribution in [2.45, 2.75) is 6.54 Å². The molecule has 0 aliphatic heterocycles. The van der Waals surface area contributed by atoms with Crippen LogP contribution in [0.5, 0.6) is 0 Å². The fourth-order valence-corrected chi connectivity index (χ4v) is 1.72. The van der Waals surface area contributed by atoms with Gasteiger partial charge in [-0.2, -0.15) is 0 Å². The summed E-state index contributed by atoms with van der Waals surface area (Å²) in [4.78, 5) is 10.6. The molecular weight excluding hydrogens is 291 g/mol. The maximum atomic E-state index is 10.6. The second kappa shape index (κ2) is 5.90. The molecule has 0 saturated carbocycles. The van der Waals surface area contributed by atoms with E-state index in [1.54, 1.807) is 18.2 Å². The number of rotatable bonds is 5. The van der Waals surface area contributed by atoms with E-state index in [1.165, 1.54) is 10.9 Å². The van der Waals surface area contributed by atoms with E-state index >= 15 is 0 Å². The van der Waals surface area contributed by atoms with Gasteiger partial charge in [0.1, 0.15) is 0 Å². The molecule has 2 rings (SSSR count). The van der Waals surface area contributed by atoms with Crippen LogP contribution < -0.4 is 5.32 Å². The zero-order chi connectivity index (χ0) is 13.8. The van der Waals surface area contributed by atoms with Gasteiger partial charge in [0.25, 0.3) is 0 Å². The van der Waals surface area contributed by atoms with Crippen molar-refractivity contribution in [3.8, 4) is 0 Å². The van der Waals surface area contributed by atoms with Gasteiger partial charge < -0.3 is 10.4 Å². The summed E-state index contributed by atoms with van der Waals surface area (Å²) in [6, 6.07) is 5.22. The Morgan fingerprint density at radius 3 is 2.79 bits per heavy atom. The summed E-state index contributed by atoms with van der Waals surface area (Å²) in [5.74, 6) is -1.09. The lowest BCUT2D eigenvalue weighted by atomic mass is 10.3. The van der Waals surface area contributed by atoms with Crippen molar-refractivity contribution in [2.75, 3.05) is 11.9 Å². The first kappa shape index (κ1) is 13.6. The fraction of sp³-hybridized carbons (Fsp3) is 0.182. The van der Waals surface area contributed by atoms with Gasteiger partial charge in [0, 0.05) is 12.2 Å². The standard InChI is InChI=1S/C11H10Cl2N4O2/c12-8-2-1-7(5-9(8)13)14-3-4-17-6-10(11(18)19)15-16-17/h1-2,5-6,14H,3-4H2,(H,18,19). The van der Waals surface area contributed by atoms with Crippen molar-refractivity contribution in [1.29, 1.82) is 0 Å². The number of halogens is 2. The Labute approximate surface area is 118 Å². The third-order valence-electron chi connectivity index (χ3n) is 2.35. The molecule has 0 aliphatic rings. The molecular formula is C11H10Cl2N4O2. The zero-order valence-electron chi connectivity index (χ0n) is 9.68. The van der Waals surface area contributed by atoms with E-state index in [0.29, 0.717) is 23.1 Å². The number of aromatic carboxylic acids is 1. The third-order valence-corrected chi connectivity index (χ3v) is 3.09. The predicted octanol–water partition coefficient (Wildman–Crippen LogP) is 2.40. The van der Waals surface area contributed by atoms with Gasteiger partial charge in [0.05, 0.1) is 22.8 Å². The summed E-state index contributed by atoms with van der Waals surface area (Å²) in [7, 11) is 0. The SMILES string of the molecule is O=C(O)c1cn(CCNc2ccc(Cl)c(Cl)c2)nn1. The van der Waals surface area contributed by atoms with Crippen LogP contribution in [0.3, 0.4) is 0 Å². The van der Waals surface area contributed by atoms with E-state index in [4.69, 9.17) is 28.3 Å². The summed E-state index contributed by atoms with van der Waals surface area (Å²) in [5, 5.41) is 20.0. The highest BCUT2D eigenvalue weighted by Gasteiger charge is 2.07. The molecule has 2 aromatic rings. The predicted molar refractivity (Wildman–Crippen MR) is 71.9 cm³/mol. The highest BCUT2D eigenvalue weighted by Crippen LogP contribution is 2.24. The van der Waals surface area contributed by atoms with Gasteiger partial charge in [0.15, 0.2) is 5.69 Å². The summed E-state index contributed by atoms with van der Waals surface area (Å²) in [6.07, 6.45) is 1.37. The molecule has 0 aliphatic carbocycles. The highest BCUT2D eigenvalue weighted by molar-refractivity contribution is 6.42. The van der Waals surface area contributed by atoms with Crippen molar-refractivity contribution >= 4 is 34.9 Å². The molecule has 0 amide bonds. The number of carboxylic acid groups (broad SMARTS) is 1. The molecule has 0 atom stereocenters. The Kier molecular flexibility index (Phi) is 4.24. The second-order valence-electron chi connectivity index (χ2n) is 3.73. The molecule has 8 heteroatoms. The lowest BCUT2D eigenvalue weighted by molar-refractivity contribution is 0.0690. The largest absolute Gasteiger partial charge is 0.476 e. The Balaban J connectivity index is 1.88. The van der Waals surface area contributed by atoms with E-state index in [0.717, 1.165) is 5.69 Å². The normalized spacial score (nSPS) is 10.4. The molecule has 1 aromatic carbocycles. The van der Waals surface area contributed by atoms with Crippen molar-refractivity contribution in [3.05, 3.63) is 40.1 Å². The van der Waals surface area contributed by atoms with Crippen molar-refractivity contribution in [3.63, 3.8) is 0 Å². The Bertz CT molecular complexity index is 600. The lowest BCUT2D eigenvalue weighted by Crippen LogP contribution is -2.11. The number of nitrogens with zero attached hydrogens (tertiary/aromatic N) is 3. The van der Waals surface area contributed by atoms with Crippen LogP contribution >= 0.6 is 23.2 Å². The second-order valence-corrected chi connectivity index (χ2v) is 4.54. The van der Waals surface area contributed by atoms with Crippen molar-refractivity contribution in [1.82, 2.24) is 15.0 Å². The van der Waals surface area contributed by atoms with Gasteiger partial charge in [0.2, 0.25) is 0 Å². The summed E-state index contributed by atoms with van der Waals surface area (Å²) < 4.78 is 1.45. The number of hydrogen-bond donors (Lipinski definition) is 2. The smallest absolute Gasteiger partial charge is 0.358 e. The summed E-state index contributed by atoms with van der Waals surface area (Å²) in [6.45, 7) is 1.04. The molecule has 0 saturated heterocycles. The first-order chi connectivity index (χ1) is 9.06. The lowest BCUT2D eigenvalue weighted by Gasteiger charge is -2.07. The van der Waals surface area contributed by atoms with Gasteiger partial charge in [-0.15, -0.1) is 5.10 Å². The topological polar surface area (TPSA) is 80.0 Å². The van der Waals surface area contributed by atoms with Gasteiger partial charge in [-0.05, 0) is 18.2 Å². The van der Waals surface area contributed by atoms with Crippen LogP contribution in [0.2, 0.25) is 10.0 Å². The number of carbonyl (C=O) groups is 1. The van der Waals surface area contributed by atoms with Crippen LogP contribution in [-0.4, -0.2) is 32.6 Å². The molecule has 100 valence electrons. The minimum atomic E-state index is -1.09. The van der Waals surface area contributed by atoms with E-state index in [2.05, 4.69) is 15.6 Å². The number of hydrogen-bond acceptors (Lipinski definition) is 4. The number of aromatic nitrogens is 3. The number of benzene rings is 1. The molecule has 0 bridgehead atoms. The summed E-state index contributed by atoms with van der Waals surface area (Å²) >= 11 is 11.7. The van der Waals surface area contributed by atoms with Crippen LogP contribution in [0.4, 0.5) is 5.69 Å². The number of carboxylic acids is 1. The average Bonchev–Trinajstić information content (AvgIpc) is 2.83. The van der Waals surface area contributed by atoms with E-state index < -0.39 is 5.97 Å². The number of nitrogens with one attached hydrogen (secondary N) is 1. The van der Waals surface area contributed by atoms with Crippen LogP contribution in [0.25, 0.3) is 0 Å². The molecule has 0 radical (unpaired) electrons. The molecule has 1 aromatic heterocycles. The Morgan fingerprint density at radius 2 is 2.16 bits per heavy atom. The minimum Gasteiger partial charge on any atom is -0.476 e.